The van der Waals surface area contributed by atoms with Gasteiger partial charge in [-0.3, -0.25) is 24.8 Å². The molecule has 0 fully saturated rings. The van der Waals surface area contributed by atoms with E-state index in [2.05, 4.69) is 20.5 Å². The highest BCUT2D eigenvalue weighted by molar-refractivity contribution is 6.03. The summed E-state index contributed by atoms with van der Waals surface area (Å²) in [6, 6.07) is 10.2. The summed E-state index contributed by atoms with van der Waals surface area (Å²) in [6.45, 7) is 0. The second kappa shape index (κ2) is 6.16. The van der Waals surface area contributed by atoms with E-state index < -0.39 is 10.8 Å². The minimum absolute atomic E-state index is 0.0408. The first-order valence-corrected chi connectivity index (χ1v) is 6.83. The van der Waals surface area contributed by atoms with Gasteiger partial charge in [-0.15, -0.1) is 0 Å². The van der Waals surface area contributed by atoms with Crippen LogP contribution in [0.3, 0.4) is 0 Å². The van der Waals surface area contributed by atoms with E-state index in [-0.39, 0.29) is 22.6 Å². The molecule has 0 spiro atoms. The highest BCUT2D eigenvalue weighted by atomic mass is 16.6. The zero-order valence-electron chi connectivity index (χ0n) is 12.1. The average molecular weight is 325 g/mol. The molecule has 3 N–H and O–H groups in total. The fourth-order valence-corrected chi connectivity index (χ4v) is 2.06. The lowest BCUT2D eigenvalue weighted by Crippen LogP contribution is -2.14. The molecule has 0 aliphatic rings. The molecule has 9 nitrogen and oxygen atoms in total. The Morgan fingerprint density at radius 2 is 2.04 bits per heavy atom. The number of non-ortho nitro benzene ring substituents is 1. The summed E-state index contributed by atoms with van der Waals surface area (Å²) in [5.74, 6) is -0.184. The lowest BCUT2D eigenvalue weighted by molar-refractivity contribution is -0.384. The molecule has 0 saturated heterocycles. The zero-order chi connectivity index (χ0) is 17.1. The van der Waals surface area contributed by atoms with Crippen LogP contribution in [0.2, 0.25) is 0 Å². The Labute approximate surface area is 134 Å². The Hall–Kier alpha value is -3.75. The van der Waals surface area contributed by atoms with Crippen LogP contribution >= 0.6 is 0 Å². The van der Waals surface area contributed by atoms with Crippen LogP contribution < -0.4 is 10.9 Å². The van der Waals surface area contributed by atoms with Gasteiger partial charge in [0.25, 0.3) is 11.6 Å². The Morgan fingerprint density at radius 3 is 2.75 bits per heavy atom. The van der Waals surface area contributed by atoms with Crippen molar-refractivity contribution in [1.29, 1.82) is 0 Å². The molecule has 2 heterocycles. The molecule has 0 atom stereocenters. The number of aromatic nitrogens is 3. The molecule has 24 heavy (non-hydrogen) atoms. The molecule has 0 saturated carbocycles. The SMILES string of the molecule is O=C(Nc1cc(-c2cccc([N+](=O)[O-])c2)[nH]n1)c1ccc(=O)[nH]c1. The summed E-state index contributed by atoms with van der Waals surface area (Å²) < 4.78 is 0. The van der Waals surface area contributed by atoms with Crippen LogP contribution in [-0.2, 0) is 0 Å². The molecule has 0 bridgehead atoms. The maximum absolute atomic E-state index is 12.0. The van der Waals surface area contributed by atoms with Crippen molar-refractivity contribution in [3.63, 3.8) is 0 Å². The molecule has 2 aromatic heterocycles. The van der Waals surface area contributed by atoms with Gasteiger partial charge in [0.05, 0.1) is 16.2 Å². The summed E-state index contributed by atoms with van der Waals surface area (Å²) in [5.41, 5.74) is 1.02. The van der Waals surface area contributed by atoms with Gasteiger partial charge in [-0.05, 0) is 6.07 Å². The van der Waals surface area contributed by atoms with Gasteiger partial charge in [-0.1, -0.05) is 12.1 Å². The van der Waals surface area contributed by atoms with Gasteiger partial charge < -0.3 is 10.3 Å². The third kappa shape index (κ3) is 3.19. The van der Waals surface area contributed by atoms with Crippen LogP contribution in [-0.4, -0.2) is 26.0 Å². The number of carbonyl (C=O) groups is 1. The summed E-state index contributed by atoms with van der Waals surface area (Å²) in [7, 11) is 0. The molecule has 3 aromatic rings. The number of amides is 1. The van der Waals surface area contributed by atoms with Crippen molar-refractivity contribution in [2.75, 3.05) is 5.32 Å². The van der Waals surface area contributed by atoms with E-state index in [4.69, 9.17) is 0 Å². The van der Waals surface area contributed by atoms with E-state index >= 15 is 0 Å². The van der Waals surface area contributed by atoms with Gasteiger partial charge in [-0.2, -0.15) is 5.10 Å². The third-order valence-corrected chi connectivity index (χ3v) is 3.23. The van der Waals surface area contributed by atoms with Crippen molar-refractivity contribution in [2.45, 2.75) is 0 Å². The predicted octanol–water partition coefficient (Wildman–Crippen LogP) is 1.93. The van der Waals surface area contributed by atoms with E-state index in [1.807, 2.05) is 0 Å². The summed E-state index contributed by atoms with van der Waals surface area (Å²) in [4.78, 5) is 35.8. The Morgan fingerprint density at radius 1 is 1.21 bits per heavy atom. The van der Waals surface area contributed by atoms with Crippen LogP contribution in [0.5, 0.6) is 0 Å². The van der Waals surface area contributed by atoms with Gasteiger partial charge in [-0.25, -0.2) is 0 Å². The van der Waals surface area contributed by atoms with E-state index in [0.29, 0.717) is 11.3 Å². The second-order valence-electron chi connectivity index (χ2n) is 4.87. The Kier molecular flexibility index (Phi) is 3.89. The minimum Gasteiger partial charge on any atom is -0.328 e. The number of nitrogens with one attached hydrogen (secondary N) is 3. The van der Waals surface area contributed by atoms with Gasteiger partial charge in [0.2, 0.25) is 5.56 Å². The highest BCUT2D eigenvalue weighted by Crippen LogP contribution is 2.24. The van der Waals surface area contributed by atoms with Crippen LogP contribution in [0.25, 0.3) is 11.3 Å². The number of carbonyl (C=O) groups excluding carboxylic acids is 1. The van der Waals surface area contributed by atoms with Gasteiger partial charge in [0, 0.05) is 36.0 Å². The number of pyridine rings is 1. The van der Waals surface area contributed by atoms with Gasteiger partial charge in [0.1, 0.15) is 0 Å². The van der Waals surface area contributed by atoms with E-state index in [9.17, 15) is 19.7 Å². The molecular formula is C15H11N5O4. The number of nitro groups is 1. The van der Waals surface area contributed by atoms with Crippen LogP contribution in [0.4, 0.5) is 11.5 Å². The quantitative estimate of drug-likeness (QED) is 0.497. The predicted molar refractivity (Wildman–Crippen MR) is 85.7 cm³/mol. The number of H-pyrrole nitrogens is 2. The third-order valence-electron chi connectivity index (χ3n) is 3.23. The molecule has 0 aliphatic carbocycles. The monoisotopic (exact) mass is 325 g/mol. The summed E-state index contributed by atoms with van der Waals surface area (Å²) >= 11 is 0. The second-order valence-corrected chi connectivity index (χ2v) is 4.87. The van der Waals surface area contributed by atoms with E-state index in [0.717, 1.165) is 0 Å². The number of anilines is 1. The zero-order valence-corrected chi connectivity index (χ0v) is 12.1. The summed E-state index contributed by atoms with van der Waals surface area (Å²) in [5, 5.41) is 20.0. The van der Waals surface area contributed by atoms with E-state index in [1.54, 1.807) is 18.2 Å². The number of nitrogens with zero attached hydrogens (tertiary/aromatic N) is 2. The van der Waals surface area contributed by atoms with Crippen molar-refractivity contribution < 1.29 is 9.72 Å². The number of nitro benzene ring substituents is 1. The first kappa shape index (κ1) is 15.2. The number of hydrogen-bond donors (Lipinski definition) is 3. The van der Waals surface area contributed by atoms with Crippen molar-refractivity contribution in [2.24, 2.45) is 0 Å². The van der Waals surface area contributed by atoms with Crippen LogP contribution in [0.1, 0.15) is 10.4 Å². The molecule has 1 amide bonds. The molecule has 9 heteroatoms. The van der Waals surface area contributed by atoms with Crippen molar-refractivity contribution in [3.05, 3.63) is 74.7 Å². The maximum atomic E-state index is 12.0. The number of benzene rings is 1. The molecule has 1 aromatic carbocycles. The Bertz CT molecular complexity index is 955. The van der Waals surface area contributed by atoms with Crippen molar-refractivity contribution >= 4 is 17.4 Å². The molecule has 0 aliphatic heterocycles. The molecule has 0 unspecified atom stereocenters. The first-order valence-electron chi connectivity index (χ1n) is 6.83. The lowest BCUT2D eigenvalue weighted by Gasteiger charge is -2.00. The first-order chi connectivity index (χ1) is 11.5. The van der Waals surface area contributed by atoms with Gasteiger partial charge in [0.15, 0.2) is 5.82 Å². The maximum Gasteiger partial charge on any atom is 0.270 e. The van der Waals surface area contributed by atoms with E-state index in [1.165, 1.54) is 30.5 Å². The molecule has 120 valence electrons. The van der Waals surface area contributed by atoms with Gasteiger partial charge >= 0.3 is 0 Å². The molecular weight excluding hydrogens is 314 g/mol. The normalized spacial score (nSPS) is 10.3. The van der Waals surface area contributed by atoms with Crippen molar-refractivity contribution in [3.8, 4) is 11.3 Å². The minimum atomic E-state index is -0.487. The average Bonchev–Trinajstić information content (AvgIpc) is 3.04. The highest BCUT2D eigenvalue weighted by Gasteiger charge is 2.12. The molecule has 0 radical (unpaired) electrons. The fraction of sp³-hybridized carbons (Fsp3) is 0. The number of aromatic amines is 2. The fourth-order valence-electron chi connectivity index (χ4n) is 2.06. The summed E-state index contributed by atoms with van der Waals surface area (Å²) in [6.07, 6.45) is 1.30. The molecule has 3 rings (SSSR count). The van der Waals surface area contributed by atoms with Crippen molar-refractivity contribution in [1.82, 2.24) is 15.2 Å². The van der Waals surface area contributed by atoms with Crippen LogP contribution in [0.15, 0.2) is 53.5 Å². The standard InChI is InChI=1S/C15H11N5O4/c21-14-5-4-10(8-16-14)15(22)17-13-7-12(18-19-13)9-2-1-3-11(6-9)20(23)24/h1-8H,(H,16,21)(H2,17,18,19,22). The van der Waals surface area contributed by atoms with Crippen LogP contribution in [0, 0.1) is 10.1 Å². The Balaban J connectivity index is 1.79. The largest absolute Gasteiger partial charge is 0.328 e. The number of rotatable bonds is 4. The number of hydrogen-bond acceptors (Lipinski definition) is 5. The topological polar surface area (TPSA) is 134 Å². The smallest absolute Gasteiger partial charge is 0.270 e. The lowest BCUT2D eigenvalue weighted by atomic mass is 10.1.